The summed E-state index contributed by atoms with van der Waals surface area (Å²) >= 11 is 0. The summed E-state index contributed by atoms with van der Waals surface area (Å²) in [5.74, 6) is 0. The lowest BCUT2D eigenvalue weighted by Gasteiger charge is -2.06. The molecule has 0 fully saturated rings. The maximum atomic E-state index is 4.73. The Bertz CT molecular complexity index is 1690. The largest absolute Gasteiger partial charge is 0.334 e. The molecule has 0 atom stereocenters. The summed E-state index contributed by atoms with van der Waals surface area (Å²) in [6.45, 7) is 0. The predicted molar refractivity (Wildman–Crippen MR) is 161 cm³/mol. The van der Waals surface area contributed by atoms with Crippen LogP contribution in [0.3, 0.4) is 0 Å². The Labute approximate surface area is 231 Å². The summed E-state index contributed by atoms with van der Waals surface area (Å²) in [4.78, 5) is 6.78. The fourth-order valence-electron chi connectivity index (χ4n) is 4.37. The number of H-pyrrole nitrogens is 2. The fraction of sp³-hybridized carbons (Fsp3) is 0. The van der Waals surface area contributed by atoms with E-state index in [2.05, 4.69) is 20.2 Å². The SMILES string of the molecule is c1ccc(C(=N/N=c2\[nH]c3ccccc3[nH]\c2=N\N=C(c2ccccc2)c2ccccc2)c2ccccc2)cc1. The first-order valence-electron chi connectivity index (χ1n) is 13.0. The van der Waals surface area contributed by atoms with E-state index in [0.717, 1.165) is 44.7 Å². The Kier molecular flexibility index (Phi) is 7.31. The third-order valence-electron chi connectivity index (χ3n) is 6.35. The molecule has 0 unspecified atom stereocenters. The van der Waals surface area contributed by atoms with Crippen molar-refractivity contribution in [2.24, 2.45) is 20.4 Å². The molecular formula is C34H26N6. The Morgan fingerprint density at radius 2 is 0.625 bits per heavy atom. The minimum absolute atomic E-state index is 0.465. The van der Waals surface area contributed by atoms with E-state index >= 15 is 0 Å². The predicted octanol–water partition coefficient (Wildman–Crippen LogP) is 6.20. The van der Waals surface area contributed by atoms with Crippen molar-refractivity contribution in [3.63, 3.8) is 0 Å². The number of fused-ring (bicyclic) bond motifs is 1. The molecule has 6 heteroatoms. The zero-order valence-corrected chi connectivity index (χ0v) is 21.6. The Hall–Kier alpha value is -5.62. The van der Waals surface area contributed by atoms with E-state index < -0.39 is 0 Å². The van der Waals surface area contributed by atoms with Gasteiger partial charge in [0.2, 0.25) is 0 Å². The highest BCUT2D eigenvalue weighted by atomic mass is 15.3. The van der Waals surface area contributed by atoms with Gasteiger partial charge < -0.3 is 9.97 Å². The quantitative estimate of drug-likeness (QED) is 0.194. The average molecular weight is 519 g/mol. The Morgan fingerprint density at radius 1 is 0.350 bits per heavy atom. The number of nitrogens with zero attached hydrogens (tertiary/aromatic N) is 4. The van der Waals surface area contributed by atoms with E-state index in [4.69, 9.17) is 10.2 Å². The molecule has 6 aromatic rings. The lowest BCUT2D eigenvalue weighted by atomic mass is 10.0. The molecule has 40 heavy (non-hydrogen) atoms. The van der Waals surface area contributed by atoms with Crippen LogP contribution < -0.4 is 11.0 Å². The van der Waals surface area contributed by atoms with Crippen molar-refractivity contribution in [2.45, 2.75) is 0 Å². The van der Waals surface area contributed by atoms with Crippen molar-refractivity contribution >= 4 is 22.5 Å². The molecule has 0 aliphatic heterocycles. The zero-order valence-electron chi connectivity index (χ0n) is 21.6. The lowest BCUT2D eigenvalue weighted by Crippen LogP contribution is -2.32. The molecule has 6 nitrogen and oxygen atoms in total. The minimum Gasteiger partial charge on any atom is -0.334 e. The zero-order chi connectivity index (χ0) is 27.0. The molecule has 0 aliphatic carbocycles. The van der Waals surface area contributed by atoms with E-state index in [9.17, 15) is 0 Å². The van der Waals surface area contributed by atoms with Crippen molar-refractivity contribution in [3.05, 3.63) is 179 Å². The van der Waals surface area contributed by atoms with Crippen LogP contribution in [0.2, 0.25) is 0 Å². The van der Waals surface area contributed by atoms with E-state index in [1.807, 2.05) is 146 Å². The van der Waals surface area contributed by atoms with Crippen LogP contribution in [0, 0.1) is 0 Å². The molecule has 5 aromatic carbocycles. The second kappa shape index (κ2) is 11.8. The van der Waals surface area contributed by atoms with E-state index in [1.165, 1.54) is 0 Å². The van der Waals surface area contributed by atoms with Gasteiger partial charge in [-0.1, -0.05) is 133 Å². The minimum atomic E-state index is 0.465. The second-order valence-electron chi connectivity index (χ2n) is 9.05. The number of hydrogen-bond donors (Lipinski definition) is 2. The van der Waals surface area contributed by atoms with Gasteiger partial charge in [-0.3, -0.25) is 0 Å². The van der Waals surface area contributed by atoms with Gasteiger partial charge in [-0.25, -0.2) is 0 Å². The first-order valence-corrected chi connectivity index (χ1v) is 13.0. The highest BCUT2D eigenvalue weighted by Crippen LogP contribution is 2.12. The van der Waals surface area contributed by atoms with Crippen LogP contribution in [0.25, 0.3) is 11.0 Å². The number of aromatic amines is 2. The topological polar surface area (TPSA) is 81.0 Å². The highest BCUT2D eigenvalue weighted by molar-refractivity contribution is 6.13. The van der Waals surface area contributed by atoms with Gasteiger partial charge in [0.25, 0.3) is 0 Å². The van der Waals surface area contributed by atoms with Crippen molar-refractivity contribution in [3.8, 4) is 0 Å². The van der Waals surface area contributed by atoms with Crippen LogP contribution in [0.15, 0.2) is 166 Å². The molecule has 1 aromatic heterocycles. The van der Waals surface area contributed by atoms with Crippen molar-refractivity contribution in [2.75, 3.05) is 0 Å². The van der Waals surface area contributed by atoms with Crippen LogP contribution in [0.4, 0.5) is 0 Å². The summed E-state index contributed by atoms with van der Waals surface area (Å²) in [6.07, 6.45) is 0. The second-order valence-corrected chi connectivity index (χ2v) is 9.05. The third-order valence-corrected chi connectivity index (χ3v) is 6.35. The normalized spacial score (nSPS) is 11.8. The fourth-order valence-corrected chi connectivity index (χ4v) is 4.37. The summed E-state index contributed by atoms with van der Waals surface area (Å²) in [5.41, 5.74) is 8.07. The molecule has 0 saturated heterocycles. The molecule has 0 aliphatic rings. The van der Waals surface area contributed by atoms with Gasteiger partial charge in [0.15, 0.2) is 11.0 Å². The molecule has 2 N–H and O–H groups in total. The van der Waals surface area contributed by atoms with Gasteiger partial charge in [-0.2, -0.15) is 0 Å². The maximum absolute atomic E-state index is 4.73. The molecule has 0 spiro atoms. The first-order chi connectivity index (χ1) is 19.8. The molecule has 0 amide bonds. The van der Waals surface area contributed by atoms with Gasteiger partial charge in [-0.05, 0) is 12.1 Å². The molecule has 6 rings (SSSR count). The first kappa shape index (κ1) is 24.7. The Balaban J connectivity index is 1.57. The van der Waals surface area contributed by atoms with E-state index in [-0.39, 0.29) is 0 Å². The summed E-state index contributed by atoms with van der Waals surface area (Å²) in [5, 5.41) is 18.8. The van der Waals surface area contributed by atoms with Crippen LogP contribution in [0.1, 0.15) is 22.3 Å². The highest BCUT2D eigenvalue weighted by Gasteiger charge is 2.08. The molecule has 1 heterocycles. The van der Waals surface area contributed by atoms with Crippen LogP contribution in [-0.4, -0.2) is 21.4 Å². The average Bonchev–Trinajstić information content (AvgIpc) is 3.03. The maximum Gasteiger partial charge on any atom is 0.198 e. The standard InChI is InChI=1S/C34H26N6/c1-5-15-25(16-6-1)31(26-17-7-2-8-18-26)37-39-33-34(36-30-24-14-13-23-29(30)35-33)40-38-32(27-19-9-3-10-20-27)28-21-11-4-12-22-28/h1-24H,(H,35,39)(H,36,40). The summed E-state index contributed by atoms with van der Waals surface area (Å²) < 4.78 is 0. The van der Waals surface area contributed by atoms with Gasteiger partial charge in [0, 0.05) is 22.3 Å². The Morgan fingerprint density at radius 3 is 0.925 bits per heavy atom. The van der Waals surface area contributed by atoms with Gasteiger partial charge in [0.1, 0.15) is 11.4 Å². The van der Waals surface area contributed by atoms with Crippen molar-refractivity contribution in [1.29, 1.82) is 0 Å². The van der Waals surface area contributed by atoms with Crippen molar-refractivity contribution in [1.82, 2.24) is 9.97 Å². The van der Waals surface area contributed by atoms with E-state index in [1.54, 1.807) is 0 Å². The van der Waals surface area contributed by atoms with Gasteiger partial charge in [0.05, 0.1) is 11.0 Å². The van der Waals surface area contributed by atoms with E-state index in [0.29, 0.717) is 11.0 Å². The number of aromatic nitrogens is 2. The van der Waals surface area contributed by atoms with Crippen LogP contribution >= 0.6 is 0 Å². The summed E-state index contributed by atoms with van der Waals surface area (Å²) in [6, 6.07) is 48.0. The number of hydrogen-bond acceptors (Lipinski definition) is 4. The molecular weight excluding hydrogens is 492 g/mol. The van der Waals surface area contributed by atoms with Crippen LogP contribution in [-0.2, 0) is 0 Å². The molecule has 192 valence electrons. The number of para-hydroxylation sites is 2. The van der Waals surface area contributed by atoms with Gasteiger partial charge in [-0.15, -0.1) is 20.4 Å². The van der Waals surface area contributed by atoms with Gasteiger partial charge >= 0.3 is 0 Å². The summed E-state index contributed by atoms with van der Waals surface area (Å²) in [7, 11) is 0. The molecule has 0 radical (unpaired) electrons. The number of benzene rings is 5. The lowest BCUT2D eigenvalue weighted by molar-refractivity contribution is 0.943. The molecule has 0 saturated carbocycles. The molecule has 0 bridgehead atoms. The number of rotatable bonds is 6. The smallest absolute Gasteiger partial charge is 0.198 e. The van der Waals surface area contributed by atoms with Crippen LogP contribution in [0.5, 0.6) is 0 Å². The van der Waals surface area contributed by atoms with Crippen molar-refractivity contribution < 1.29 is 0 Å². The number of nitrogens with one attached hydrogen (secondary N) is 2. The monoisotopic (exact) mass is 518 g/mol. The third kappa shape index (κ3) is 5.61.